The number of nitrogens with zero attached hydrogens (tertiary/aromatic N) is 3. The maximum absolute atomic E-state index is 14.1. The summed E-state index contributed by atoms with van der Waals surface area (Å²) in [6.45, 7) is 1.31. The molecule has 144 valence electrons. The average molecular weight is 473 g/mol. The Balaban J connectivity index is 0.00000261. The molecule has 0 aliphatic carbocycles. The van der Waals surface area contributed by atoms with Gasteiger partial charge in [-0.05, 0) is 57.4 Å². The van der Waals surface area contributed by atoms with Crippen LogP contribution in [-0.2, 0) is 0 Å². The third-order valence-electron chi connectivity index (χ3n) is 3.91. The fraction of sp³-hybridized carbons (Fsp3) is 0.263. The maximum atomic E-state index is 14.1. The molecule has 3 aromatic rings. The summed E-state index contributed by atoms with van der Waals surface area (Å²) in [5.74, 6) is -0.876. The number of carbonyl (C=O) groups is 1. The molecule has 4 nitrogen and oxygen atoms in total. The van der Waals surface area contributed by atoms with Gasteiger partial charge in [-0.1, -0.05) is 39.4 Å². The van der Waals surface area contributed by atoms with Gasteiger partial charge in [0.05, 0.1) is 15.8 Å². The third kappa shape index (κ3) is 5.25. The molecular formula is C19H20BrClFN3OS. The van der Waals surface area contributed by atoms with Crippen molar-refractivity contribution in [1.82, 2.24) is 9.88 Å². The molecule has 1 aromatic heterocycles. The van der Waals surface area contributed by atoms with Gasteiger partial charge < -0.3 is 4.90 Å². The number of aromatic nitrogens is 1. The molecule has 0 aliphatic heterocycles. The highest BCUT2D eigenvalue weighted by Gasteiger charge is 2.23. The number of benzene rings is 2. The van der Waals surface area contributed by atoms with E-state index in [2.05, 4.69) is 25.8 Å². The van der Waals surface area contributed by atoms with E-state index in [0.717, 1.165) is 27.7 Å². The predicted molar refractivity (Wildman–Crippen MR) is 116 cm³/mol. The van der Waals surface area contributed by atoms with Gasteiger partial charge in [0.1, 0.15) is 5.82 Å². The van der Waals surface area contributed by atoms with E-state index >= 15 is 0 Å². The van der Waals surface area contributed by atoms with Crippen molar-refractivity contribution in [3.05, 3.63) is 58.3 Å². The van der Waals surface area contributed by atoms with Gasteiger partial charge in [0.15, 0.2) is 5.13 Å². The molecule has 8 heteroatoms. The number of thiazole rings is 1. The van der Waals surface area contributed by atoms with Gasteiger partial charge in [-0.15, -0.1) is 12.4 Å². The number of hydrogen-bond donors (Lipinski definition) is 0. The maximum Gasteiger partial charge on any atom is 0.263 e. The quantitative estimate of drug-likeness (QED) is 0.494. The van der Waals surface area contributed by atoms with E-state index < -0.39 is 5.82 Å². The van der Waals surface area contributed by atoms with E-state index in [0.29, 0.717) is 11.7 Å². The Kier molecular flexibility index (Phi) is 7.73. The average Bonchev–Trinajstić information content (AvgIpc) is 3.01. The van der Waals surface area contributed by atoms with Crippen LogP contribution in [0.4, 0.5) is 9.52 Å². The van der Waals surface area contributed by atoms with Crippen molar-refractivity contribution in [3.63, 3.8) is 0 Å². The summed E-state index contributed by atoms with van der Waals surface area (Å²) < 4.78 is 16.1. The Bertz CT molecular complexity index is 934. The highest BCUT2D eigenvalue weighted by molar-refractivity contribution is 9.10. The van der Waals surface area contributed by atoms with Crippen molar-refractivity contribution >= 4 is 60.9 Å². The van der Waals surface area contributed by atoms with Gasteiger partial charge >= 0.3 is 0 Å². The van der Waals surface area contributed by atoms with Crippen LogP contribution in [0.1, 0.15) is 16.8 Å². The van der Waals surface area contributed by atoms with E-state index in [4.69, 9.17) is 0 Å². The van der Waals surface area contributed by atoms with Gasteiger partial charge in [-0.3, -0.25) is 9.69 Å². The zero-order valence-electron chi connectivity index (χ0n) is 15.0. The molecule has 0 unspecified atom stereocenters. The minimum atomic E-state index is -0.515. The molecule has 0 bridgehead atoms. The standard InChI is InChI=1S/C19H19BrFN3OS.ClH/c1-23(2)10-5-11-24(18(25)14-6-3-4-7-15(14)21)19-22-16-9-8-13(20)12-17(16)26-19;/h3-4,6-9,12H,5,10-11H2,1-2H3;1H. The second-order valence-corrected chi connectivity index (χ2v) is 8.13. The lowest BCUT2D eigenvalue weighted by Crippen LogP contribution is -2.34. The lowest BCUT2D eigenvalue weighted by atomic mass is 10.2. The first-order chi connectivity index (χ1) is 12.5. The van der Waals surface area contributed by atoms with Crippen LogP contribution < -0.4 is 4.90 Å². The van der Waals surface area contributed by atoms with Crippen molar-refractivity contribution in [3.8, 4) is 0 Å². The van der Waals surface area contributed by atoms with Crippen LogP contribution in [0.3, 0.4) is 0 Å². The van der Waals surface area contributed by atoms with Crippen LogP contribution in [0.2, 0.25) is 0 Å². The first kappa shape index (κ1) is 21.8. The van der Waals surface area contributed by atoms with Gasteiger partial charge in [-0.2, -0.15) is 0 Å². The predicted octanol–water partition coefficient (Wildman–Crippen LogP) is 5.22. The van der Waals surface area contributed by atoms with Crippen LogP contribution in [-0.4, -0.2) is 43.0 Å². The second-order valence-electron chi connectivity index (χ2n) is 6.20. The van der Waals surface area contributed by atoms with Gasteiger partial charge in [0.2, 0.25) is 0 Å². The summed E-state index contributed by atoms with van der Waals surface area (Å²) in [5.41, 5.74) is 0.893. The fourth-order valence-electron chi connectivity index (χ4n) is 2.61. The lowest BCUT2D eigenvalue weighted by molar-refractivity contribution is 0.0982. The van der Waals surface area contributed by atoms with Crippen molar-refractivity contribution in [1.29, 1.82) is 0 Å². The molecule has 3 rings (SSSR count). The number of hydrogen-bond acceptors (Lipinski definition) is 4. The summed E-state index contributed by atoms with van der Waals surface area (Å²) in [6.07, 6.45) is 0.771. The van der Waals surface area contributed by atoms with Gasteiger partial charge in [0, 0.05) is 11.0 Å². The largest absolute Gasteiger partial charge is 0.309 e. The van der Waals surface area contributed by atoms with Crippen molar-refractivity contribution in [2.24, 2.45) is 0 Å². The Morgan fingerprint density at radius 1 is 1.19 bits per heavy atom. The van der Waals surface area contributed by atoms with Crippen LogP contribution >= 0.6 is 39.7 Å². The molecular weight excluding hydrogens is 453 g/mol. The smallest absolute Gasteiger partial charge is 0.263 e. The van der Waals surface area contributed by atoms with Crippen LogP contribution in [0.5, 0.6) is 0 Å². The number of carbonyl (C=O) groups excluding carboxylic acids is 1. The molecule has 0 saturated heterocycles. The summed E-state index contributed by atoms with van der Waals surface area (Å²) in [6, 6.07) is 11.9. The van der Waals surface area contributed by atoms with E-state index in [9.17, 15) is 9.18 Å². The first-order valence-electron chi connectivity index (χ1n) is 8.23. The van der Waals surface area contributed by atoms with Crippen LogP contribution in [0.25, 0.3) is 10.2 Å². The highest BCUT2D eigenvalue weighted by Crippen LogP contribution is 2.32. The highest BCUT2D eigenvalue weighted by atomic mass is 79.9. The molecule has 0 aliphatic rings. The van der Waals surface area contributed by atoms with Crippen molar-refractivity contribution in [2.45, 2.75) is 6.42 Å². The summed E-state index contributed by atoms with van der Waals surface area (Å²) in [5, 5.41) is 0.588. The number of amides is 1. The van der Waals surface area contributed by atoms with E-state index in [-0.39, 0.29) is 23.9 Å². The molecule has 0 spiro atoms. The number of halogens is 3. The van der Waals surface area contributed by atoms with E-state index in [1.165, 1.54) is 23.5 Å². The van der Waals surface area contributed by atoms with Crippen LogP contribution in [0.15, 0.2) is 46.9 Å². The van der Waals surface area contributed by atoms with E-state index in [1.54, 1.807) is 17.0 Å². The molecule has 0 atom stereocenters. The lowest BCUT2D eigenvalue weighted by Gasteiger charge is -2.21. The molecule has 2 aromatic carbocycles. The monoisotopic (exact) mass is 471 g/mol. The topological polar surface area (TPSA) is 36.4 Å². The SMILES string of the molecule is CN(C)CCCN(C(=O)c1ccccc1F)c1nc2ccc(Br)cc2s1.Cl. The molecule has 0 radical (unpaired) electrons. The zero-order valence-corrected chi connectivity index (χ0v) is 18.2. The van der Waals surface area contributed by atoms with Crippen molar-refractivity contribution < 1.29 is 9.18 Å². The molecule has 1 amide bonds. The third-order valence-corrected chi connectivity index (χ3v) is 5.44. The Labute approximate surface area is 176 Å². The van der Waals surface area contributed by atoms with E-state index in [1.807, 2.05) is 32.3 Å². The number of rotatable bonds is 6. The molecule has 0 saturated carbocycles. The van der Waals surface area contributed by atoms with Crippen molar-refractivity contribution in [2.75, 3.05) is 32.1 Å². The molecule has 27 heavy (non-hydrogen) atoms. The number of anilines is 1. The van der Waals surface area contributed by atoms with Crippen LogP contribution in [0, 0.1) is 5.82 Å². The molecule has 1 heterocycles. The fourth-order valence-corrected chi connectivity index (χ4v) is 4.15. The van der Waals surface area contributed by atoms with Gasteiger partial charge in [-0.25, -0.2) is 9.37 Å². The Hall–Kier alpha value is -1.54. The zero-order chi connectivity index (χ0) is 18.7. The molecule has 0 N–H and O–H groups in total. The first-order valence-corrected chi connectivity index (χ1v) is 9.84. The number of fused-ring (bicyclic) bond motifs is 1. The Morgan fingerprint density at radius 3 is 2.63 bits per heavy atom. The molecule has 0 fully saturated rings. The summed E-state index contributed by atoms with van der Waals surface area (Å²) >= 11 is 4.89. The summed E-state index contributed by atoms with van der Waals surface area (Å²) in [7, 11) is 3.97. The second kappa shape index (κ2) is 9.59. The van der Waals surface area contributed by atoms with Gasteiger partial charge in [0.25, 0.3) is 5.91 Å². The Morgan fingerprint density at radius 2 is 1.93 bits per heavy atom. The summed E-state index contributed by atoms with van der Waals surface area (Å²) in [4.78, 5) is 21.3. The minimum Gasteiger partial charge on any atom is -0.309 e. The normalized spacial score (nSPS) is 10.9. The minimum absolute atomic E-state index is 0.